The molecule has 0 saturated carbocycles. The van der Waals surface area contributed by atoms with Crippen molar-refractivity contribution in [3.63, 3.8) is 0 Å². The fourth-order valence-electron chi connectivity index (χ4n) is 2.09. The molecule has 23 heavy (non-hydrogen) atoms. The zero-order valence-electron chi connectivity index (χ0n) is 15.5. The highest BCUT2D eigenvalue weighted by atomic mass is 28.4. The molecule has 0 fully saturated rings. The van der Waals surface area contributed by atoms with Crippen LogP contribution in [0.5, 0.6) is 0 Å². The second kappa shape index (κ2) is 8.76. The quantitative estimate of drug-likeness (QED) is 0.472. The molecule has 0 N–H and O–H groups in total. The Kier molecular flexibility index (Phi) is 7.65. The molecule has 3 nitrogen and oxygen atoms in total. The maximum Gasteiger partial charge on any atom is 0.192 e. The second-order valence-corrected chi connectivity index (χ2v) is 12.4. The summed E-state index contributed by atoms with van der Waals surface area (Å²) in [6.45, 7) is 13.8. The summed E-state index contributed by atoms with van der Waals surface area (Å²) in [7, 11) is -1.88. The molecule has 4 heteroatoms. The molecule has 1 unspecified atom stereocenters. The fraction of sp³-hybridized carbons (Fsp3) is 0.632. The maximum atomic E-state index is 10.8. The Labute approximate surface area is 142 Å². The van der Waals surface area contributed by atoms with Crippen molar-refractivity contribution < 1.29 is 14.0 Å². The molecule has 1 aromatic rings. The molecule has 0 aliphatic rings. The van der Waals surface area contributed by atoms with Crippen molar-refractivity contribution >= 4 is 14.6 Å². The van der Waals surface area contributed by atoms with Crippen LogP contribution in [0.15, 0.2) is 30.3 Å². The number of ether oxygens (including phenoxy) is 1. The molecule has 0 radical (unpaired) electrons. The lowest BCUT2D eigenvalue weighted by atomic mass is 10.1. The van der Waals surface area contributed by atoms with Gasteiger partial charge < -0.3 is 14.0 Å². The van der Waals surface area contributed by atoms with Crippen molar-refractivity contribution in [2.45, 2.75) is 77.5 Å². The van der Waals surface area contributed by atoms with Gasteiger partial charge in [-0.05, 0) is 37.0 Å². The molecule has 1 aromatic carbocycles. The van der Waals surface area contributed by atoms with Crippen molar-refractivity contribution in [1.82, 2.24) is 0 Å². The van der Waals surface area contributed by atoms with E-state index in [2.05, 4.69) is 46.0 Å². The molecule has 0 spiro atoms. The zero-order valence-corrected chi connectivity index (χ0v) is 16.5. The van der Waals surface area contributed by atoms with Crippen molar-refractivity contribution in [2.24, 2.45) is 0 Å². The zero-order chi connectivity index (χ0) is 17.5. The van der Waals surface area contributed by atoms with Crippen LogP contribution in [0.3, 0.4) is 0 Å². The summed E-state index contributed by atoms with van der Waals surface area (Å²) in [5.74, 6) is 0. The van der Waals surface area contributed by atoms with E-state index in [1.807, 2.05) is 25.1 Å². The summed E-state index contributed by atoms with van der Waals surface area (Å²) in [5.41, 5.74) is 1.15. The highest BCUT2D eigenvalue weighted by Crippen LogP contribution is 2.38. The van der Waals surface area contributed by atoms with Crippen molar-refractivity contribution in [3.8, 4) is 0 Å². The third-order valence-electron chi connectivity index (χ3n) is 4.70. The molecule has 0 aromatic heterocycles. The first-order chi connectivity index (χ1) is 10.7. The summed E-state index contributed by atoms with van der Waals surface area (Å²) in [4.78, 5) is 10.8. The summed E-state index contributed by atoms with van der Waals surface area (Å²) >= 11 is 0. The van der Waals surface area contributed by atoms with Crippen molar-refractivity contribution in [1.29, 1.82) is 0 Å². The molecule has 1 rings (SSSR count). The highest BCUT2D eigenvalue weighted by molar-refractivity contribution is 6.74. The Bertz CT molecular complexity index is 465. The van der Waals surface area contributed by atoms with Gasteiger partial charge in [-0.15, -0.1) is 0 Å². The maximum absolute atomic E-state index is 10.8. The Balaban J connectivity index is 2.70. The number of hydrogen-bond donors (Lipinski definition) is 0. The van der Waals surface area contributed by atoms with E-state index in [4.69, 9.17) is 9.16 Å². The standard InChI is InChI=1S/C19H32O3Si/c1-16(21-15-17-11-8-7-9-12-17)18(13-10-14-20)22-23(5,6)19(2,3)4/h7-9,11-12,14,16,18H,10,13,15H2,1-6H3/t16?,18-/m1/s1. The lowest BCUT2D eigenvalue weighted by Gasteiger charge is -2.40. The Morgan fingerprint density at radius 2 is 1.78 bits per heavy atom. The minimum Gasteiger partial charge on any atom is -0.411 e. The number of aldehydes is 1. The van der Waals surface area contributed by atoms with E-state index in [1.54, 1.807) is 0 Å². The van der Waals surface area contributed by atoms with Gasteiger partial charge in [0.1, 0.15) is 6.29 Å². The number of hydrogen-bond acceptors (Lipinski definition) is 3. The molecular formula is C19H32O3Si. The lowest BCUT2D eigenvalue weighted by molar-refractivity contribution is -0.108. The monoisotopic (exact) mass is 336 g/mol. The summed E-state index contributed by atoms with van der Waals surface area (Å²) in [6, 6.07) is 10.1. The SMILES string of the molecule is CC(OCc1ccccc1)[C@@H](CCC=O)O[Si](C)(C)C(C)(C)C. The first-order valence-electron chi connectivity index (χ1n) is 8.44. The lowest BCUT2D eigenvalue weighted by Crippen LogP contribution is -2.47. The minimum absolute atomic E-state index is 0.0372. The minimum atomic E-state index is -1.88. The molecular weight excluding hydrogens is 304 g/mol. The summed E-state index contributed by atoms with van der Waals surface area (Å²) in [5, 5.41) is 0.144. The van der Waals surface area contributed by atoms with Crippen LogP contribution in [0.4, 0.5) is 0 Å². The van der Waals surface area contributed by atoms with Gasteiger partial charge in [0, 0.05) is 6.42 Å². The van der Waals surface area contributed by atoms with Gasteiger partial charge >= 0.3 is 0 Å². The predicted octanol–water partition coefficient (Wildman–Crippen LogP) is 4.96. The van der Waals surface area contributed by atoms with E-state index in [0.29, 0.717) is 19.4 Å². The average Bonchev–Trinajstić information content (AvgIpc) is 2.48. The third-order valence-corrected chi connectivity index (χ3v) is 9.20. The fourth-order valence-corrected chi connectivity index (χ4v) is 3.51. The number of rotatable bonds is 9. The summed E-state index contributed by atoms with van der Waals surface area (Å²) in [6.07, 6.45) is 2.12. The van der Waals surface area contributed by atoms with Gasteiger partial charge in [-0.25, -0.2) is 0 Å². The number of benzene rings is 1. The van der Waals surface area contributed by atoms with E-state index in [1.165, 1.54) is 0 Å². The Morgan fingerprint density at radius 3 is 2.30 bits per heavy atom. The molecule has 0 aliphatic carbocycles. The van der Waals surface area contributed by atoms with E-state index >= 15 is 0 Å². The first-order valence-corrected chi connectivity index (χ1v) is 11.3. The molecule has 2 atom stereocenters. The molecule has 0 amide bonds. The van der Waals surface area contributed by atoms with Gasteiger partial charge in [0.2, 0.25) is 0 Å². The van der Waals surface area contributed by atoms with Crippen LogP contribution in [0, 0.1) is 0 Å². The van der Waals surface area contributed by atoms with E-state index < -0.39 is 8.32 Å². The van der Waals surface area contributed by atoms with Crippen LogP contribution in [0.1, 0.15) is 46.1 Å². The third kappa shape index (κ3) is 6.57. The van der Waals surface area contributed by atoms with E-state index in [0.717, 1.165) is 11.8 Å². The molecule has 0 bridgehead atoms. The normalized spacial score (nSPS) is 15.2. The van der Waals surface area contributed by atoms with Crippen LogP contribution in [-0.2, 0) is 20.6 Å². The number of carbonyl (C=O) groups excluding carboxylic acids is 1. The predicted molar refractivity (Wildman–Crippen MR) is 98.1 cm³/mol. The van der Waals surface area contributed by atoms with Crippen LogP contribution < -0.4 is 0 Å². The van der Waals surface area contributed by atoms with Crippen molar-refractivity contribution in [3.05, 3.63) is 35.9 Å². The molecule has 0 heterocycles. The average molecular weight is 337 g/mol. The second-order valence-electron chi connectivity index (χ2n) is 7.66. The van der Waals surface area contributed by atoms with Gasteiger partial charge in [0.25, 0.3) is 0 Å². The first kappa shape index (κ1) is 20.1. The summed E-state index contributed by atoms with van der Waals surface area (Å²) < 4.78 is 12.5. The molecule has 130 valence electrons. The van der Waals surface area contributed by atoms with Gasteiger partial charge in [-0.2, -0.15) is 0 Å². The molecule has 0 aliphatic heterocycles. The Morgan fingerprint density at radius 1 is 1.17 bits per heavy atom. The number of carbonyl (C=O) groups is 1. The van der Waals surface area contributed by atoms with Gasteiger partial charge in [0.15, 0.2) is 8.32 Å². The van der Waals surface area contributed by atoms with Gasteiger partial charge in [-0.1, -0.05) is 51.1 Å². The highest BCUT2D eigenvalue weighted by Gasteiger charge is 2.40. The van der Waals surface area contributed by atoms with Crippen LogP contribution in [0.2, 0.25) is 18.1 Å². The van der Waals surface area contributed by atoms with Crippen molar-refractivity contribution in [2.75, 3.05) is 0 Å². The topological polar surface area (TPSA) is 35.5 Å². The van der Waals surface area contributed by atoms with Crippen LogP contribution in [0.25, 0.3) is 0 Å². The Hall–Kier alpha value is -0.973. The van der Waals surface area contributed by atoms with Crippen LogP contribution >= 0.6 is 0 Å². The van der Waals surface area contributed by atoms with E-state index in [-0.39, 0.29) is 17.2 Å². The molecule has 0 saturated heterocycles. The van der Waals surface area contributed by atoms with E-state index in [9.17, 15) is 4.79 Å². The smallest absolute Gasteiger partial charge is 0.192 e. The van der Waals surface area contributed by atoms with Crippen LogP contribution in [-0.4, -0.2) is 26.8 Å². The van der Waals surface area contributed by atoms with Gasteiger partial charge in [0.05, 0.1) is 18.8 Å². The van der Waals surface area contributed by atoms with Gasteiger partial charge in [-0.3, -0.25) is 0 Å². The largest absolute Gasteiger partial charge is 0.411 e.